The van der Waals surface area contributed by atoms with Gasteiger partial charge in [-0.05, 0) is 43.2 Å². The maximum atomic E-state index is 13.8. The molecule has 0 atom stereocenters. The Bertz CT molecular complexity index is 1160. The molecule has 1 aromatic heterocycles. The van der Waals surface area contributed by atoms with Crippen LogP contribution in [0.4, 0.5) is 8.78 Å². The van der Waals surface area contributed by atoms with Gasteiger partial charge in [0.15, 0.2) is 0 Å². The minimum atomic E-state index is -0.739. The summed E-state index contributed by atoms with van der Waals surface area (Å²) in [7, 11) is 1.28. The van der Waals surface area contributed by atoms with Gasteiger partial charge in [0.1, 0.15) is 24.6 Å². The van der Waals surface area contributed by atoms with Gasteiger partial charge >= 0.3 is 5.97 Å². The lowest BCUT2D eigenvalue weighted by atomic mass is 10.1. The topological polar surface area (TPSA) is 70.4 Å². The zero-order chi connectivity index (χ0) is 21.8. The van der Waals surface area contributed by atoms with E-state index in [0.717, 1.165) is 17.7 Å². The number of benzene rings is 2. The van der Waals surface area contributed by atoms with E-state index in [1.165, 1.54) is 24.1 Å². The van der Waals surface area contributed by atoms with Gasteiger partial charge in [0.25, 0.3) is 5.56 Å². The van der Waals surface area contributed by atoms with Crippen molar-refractivity contribution in [3.8, 4) is 11.6 Å². The molecule has 8 heteroatoms. The molecule has 0 N–H and O–H groups in total. The van der Waals surface area contributed by atoms with E-state index < -0.39 is 17.6 Å². The van der Waals surface area contributed by atoms with Gasteiger partial charge in [0.2, 0.25) is 5.88 Å². The quantitative estimate of drug-likeness (QED) is 0.575. The number of nitrogens with zero attached hydrogens (tertiary/aromatic N) is 2. The molecule has 3 aromatic rings. The first-order valence-corrected chi connectivity index (χ1v) is 9.22. The summed E-state index contributed by atoms with van der Waals surface area (Å²) in [6.45, 7) is 3.37. The molecular formula is C22H20F2N2O4. The number of rotatable bonds is 6. The summed E-state index contributed by atoms with van der Waals surface area (Å²) in [4.78, 5) is 29.1. The van der Waals surface area contributed by atoms with Crippen LogP contribution in [0.25, 0.3) is 5.69 Å². The average Bonchev–Trinajstić information content (AvgIpc) is 2.73. The van der Waals surface area contributed by atoms with Crippen molar-refractivity contribution in [1.82, 2.24) is 9.55 Å². The molecule has 156 valence electrons. The minimum Gasteiger partial charge on any atom is -0.472 e. The maximum absolute atomic E-state index is 13.8. The van der Waals surface area contributed by atoms with Crippen molar-refractivity contribution in [3.63, 3.8) is 0 Å². The molecule has 0 aliphatic rings. The molecule has 0 spiro atoms. The van der Waals surface area contributed by atoms with Crippen molar-refractivity contribution in [2.45, 2.75) is 26.9 Å². The highest BCUT2D eigenvalue weighted by molar-refractivity contribution is 5.90. The van der Waals surface area contributed by atoms with Crippen LogP contribution in [-0.4, -0.2) is 22.6 Å². The lowest BCUT2D eigenvalue weighted by Gasteiger charge is -2.14. The highest BCUT2D eigenvalue weighted by Crippen LogP contribution is 2.19. The first-order valence-electron chi connectivity index (χ1n) is 9.22. The van der Waals surface area contributed by atoms with Crippen LogP contribution in [0.2, 0.25) is 0 Å². The van der Waals surface area contributed by atoms with E-state index in [1.807, 2.05) is 0 Å². The monoisotopic (exact) mass is 414 g/mol. The van der Waals surface area contributed by atoms with Crippen molar-refractivity contribution in [2.75, 3.05) is 7.11 Å². The third-order valence-corrected chi connectivity index (χ3v) is 4.65. The minimum absolute atomic E-state index is 0.0734. The summed E-state index contributed by atoms with van der Waals surface area (Å²) in [5, 5.41) is 0. The van der Waals surface area contributed by atoms with Crippen LogP contribution in [-0.2, 0) is 17.8 Å². The number of aromatic nitrogens is 2. The molecule has 2 aromatic carbocycles. The molecule has 3 rings (SSSR count). The molecule has 0 aliphatic heterocycles. The van der Waals surface area contributed by atoms with Crippen LogP contribution >= 0.6 is 0 Å². The van der Waals surface area contributed by atoms with Crippen molar-refractivity contribution >= 4 is 5.97 Å². The number of carbonyl (C=O) groups is 1. The Hall–Kier alpha value is -3.55. The average molecular weight is 414 g/mol. The van der Waals surface area contributed by atoms with Gasteiger partial charge < -0.3 is 9.47 Å². The van der Waals surface area contributed by atoms with Crippen molar-refractivity contribution in [3.05, 3.63) is 87.0 Å². The predicted molar refractivity (Wildman–Crippen MR) is 106 cm³/mol. The third-order valence-electron chi connectivity index (χ3n) is 4.65. The number of carbonyl (C=O) groups excluding carboxylic acids is 1. The smallest absolute Gasteiger partial charge is 0.337 e. The number of halogens is 2. The van der Waals surface area contributed by atoms with Crippen LogP contribution in [0.5, 0.6) is 5.88 Å². The summed E-state index contributed by atoms with van der Waals surface area (Å²) in [6.07, 6.45) is 1.62. The van der Waals surface area contributed by atoms with E-state index in [9.17, 15) is 18.4 Å². The molecule has 30 heavy (non-hydrogen) atoms. The fourth-order valence-corrected chi connectivity index (χ4v) is 2.97. The molecule has 1 heterocycles. The Kier molecular flexibility index (Phi) is 6.25. The molecule has 0 aliphatic carbocycles. The van der Waals surface area contributed by atoms with Gasteiger partial charge in [-0.3, -0.25) is 9.36 Å². The zero-order valence-corrected chi connectivity index (χ0v) is 16.7. The molecule has 0 saturated heterocycles. The van der Waals surface area contributed by atoms with Gasteiger partial charge in [-0.15, -0.1) is 0 Å². The second kappa shape index (κ2) is 8.86. The highest BCUT2D eigenvalue weighted by atomic mass is 19.1. The normalized spacial score (nSPS) is 10.7. The van der Waals surface area contributed by atoms with Gasteiger partial charge in [-0.25, -0.2) is 18.6 Å². The molecular weight excluding hydrogens is 394 g/mol. The van der Waals surface area contributed by atoms with Crippen molar-refractivity contribution < 1.29 is 23.0 Å². The Morgan fingerprint density at radius 3 is 2.60 bits per heavy atom. The first kappa shape index (κ1) is 21.2. The Morgan fingerprint density at radius 1 is 1.17 bits per heavy atom. The summed E-state index contributed by atoms with van der Waals surface area (Å²) in [6, 6.07) is 8.05. The third kappa shape index (κ3) is 4.22. The number of methoxy groups -OCH3 is 1. The van der Waals surface area contributed by atoms with Crippen molar-refractivity contribution in [2.24, 2.45) is 0 Å². The second-order valence-corrected chi connectivity index (χ2v) is 6.57. The molecule has 0 radical (unpaired) electrons. The number of aryl methyl sites for hydroxylation is 1. The largest absolute Gasteiger partial charge is 0.472 e. The van der Waals surface area contributed by atoms with Crippen LogP contribution in [0.3, 0.4) is 0 Å². The Balaban J connectivity index is 1.97. The van der Waals surface area contributed by atoms with E-state index in [0.29, 0.717) is 23.2 Å². The van der Waals surface area contributed by atoms with Gasteiger partial charge in [0, 0.05) is 11.6 Å². The fourth-order valence-electron chi connectivity index (χ4n) is 2.97. The summed E-state index contributed by atoms with van der Waals surface area (Å²) < 4.78 is 38.5. The first-order chi connectivity index (χ1) is 14.3. The molecule has 0 unspecified atom stereocenters. The van der Waals surface area contributed by atoms with E-state index >= 15 is 0 Å². The van der Waals surface area contributed by atoms with Gasteiger partial charge in [-0.2, -0.15) is 0 Å². The SMILES string of the molecule is CCc1c(OCc2ccc(F)cc2F)ncn(-c2cc(C(=O)OC)ccc2C)c1=O. The summed E-state index contributed by atoms with van der Waals surface area (Å²) in [5.74, 6) is -1.87. The van der Waals surface area contributed by atoms with E-state index in [4.69, 9.17) is 9.47 Å². The van der Waals surface area contributed by atoms with Crippen LogP contribution < -0.4 is 10.3 Å². The lowest BCUT2D eigenvalue weighted by Crippen LogP contribution is -2.24. The number of hydrogen-bond donors (Lipinski definition) is 0. The molecule has 6 nitrogen and oxygen atoms in total. The zero-order valence-electron chi connectivity index (χ0n) is 16.7. The Morgan fingerprint density at radius 2 is 1.93 bits per heavy atom. The maximum Gasteiger partial charge on any atom is 0.337 e. The van der Waals surface area contributed by atoms with Crippen LogP contribution in [0, 0.1) is 18.6 Å². The number of esters is 1. The van der Waals surface area contributed by atoms with E-state index in [-0.39, 0.29) is 23.6 Å². The summed E-state index contributed by atoms with van der Waals surface area (Å²) >= 11 is 0. The van der Waals surface area contributed by atoms with Crippen LogP contribution in [0.1, 0.15) is 34.0 Å². The lowest BCUT2D eigenvalue weighted by molar-refractivity contribution is 0.0600. The second-order valence-electron chi connectivity index (χ2n) is 6.57. The Labute approximate surface area is 171 Å². The fraction of sp³-hybridized carbons (Fsp3) is 0.227. The standard InChI is InChI=1S/C22H20F2N2O4/c1-4-17-20(30-11-15-7-8-16(23)10-18(15)24)25-12-26(21(17)27)19-9-14(22(28)29-3)6-5-13(19)2/h5-10,12H,4,11H2,1-3H3. The van der Waals surface area contributed by atoms with E-state index in [2.05, 4.69) is 4.98 Å². The van der Waals surface area contributed by atoms with Crippen LogP contribution in [0.15, 0.2) is 47.5 Å². The predicted octanol–water partition coefficient (Wildman–Crippen LogP) is 3.75. The molecule has 0 fully saturated rings. The molecule has 0 saturated carbocycles. The molecule has 0 bridgehead atoms. The number of hydrogen-bond acceptors (Lipinski definition) is 5. The van der Waals surface area contributed by atoms with E-state index in [1.54, 1.807) is 32.0 Å². The summed E-state index contributed by atoms with van der Waals surface area (Å²) in [5.41, 5.74) is 1.62. The highest BCUT2D eigenvalue weighted by Gasteiger charge is 2.16. The number of ether oxygens (including phenoxy) is 2. The van der Waals surface area contributed by atoms with Gasteiger partial charge in [0.05, 0.1) is 23.9 Å². The van der Waals surface area contributed by atoms with Gasteiger partial charge in [-0.1, -0.05) is 13.0 Å². The molecule has 0 amide bonds. The van der Waals surface area contributed by atoms with Crippen molar-refractivity contribution in [1.29, 1.82) is 0 Å².